The van der Waals surface area contributed by atoms with Crippen molar-refractivity contribution in [1.82, 2.24) is 4.31 Å². The molecule has 0 amide bonds. The summed E-state index contributed by atoms with van der Waals surface area (Å²) in [4.78, 5) is -0.00583. The molecule has 0 heterocycles. The lowest BCUT2D eigenvalue weighted by Gasteiger charge is -2.22. The lowest BCUT2D eigenvalue weighted by Crippen LogP contribution is -2.32. The van der Waals surface area contributed by atoms with Crippen LogP contribution in [0.1, 0.15) is 12.0 Å². The van der Waals surface area contributed by atoms with E-state index in [-0.39, 0.29) is 36.1 Å². The molecule has 2 N–H and O–H groups in total. The molecule has 0 spiro atoms. The van der Waals surface area contributed by atoms with Crippen molar-refractivity contribution in [2.24, 2.45) is 5.73 Å². The Hall–Kier alpha value is -1.67. The Balaban J connectivity index is 0.00000312. The third kappa shape index (κ3) is 5.40. The molecule has 0 unspecified atom stereocenters. The second-order valence-corrected chi connectivity index (χ2v) is 7.20. The Bertz CT molecular complexity index is 773. The molecular formula is C17H22ClFN2O3S. The second-order valence-electron chi connectivity index (χ2n) is 5.26. The molecule has 5 nitrogen and oxygen atoms in total. The molecule has 2 aromatic rings. The molecule has 2 aromatic carbocycles. The smallest absolute Gasteiger partial charge is 0.243 e. The maximum atomic E-state index is 13.6. The van der Waals surface area contributed by atoms with Crippen molar-refractivity contribution >= 4 is 22.4 Å². The number of sulfonamides is 1. The third-order valence-corrected chi connectivity index (χ3v) is 5.41. The van der Waals surface area contributed by atoms with Gasteiger partial charge in [-0.2, -0.15) is 4.31 Å². The number of hydrogen-bond acceptors (Lipinski definition) is 4. The summed E-state index contributed by atoms with van der Waals surface area (Å²) in [6.45, 7) is 0.893. The van der Waals surface area contributed by atoms with Gasteiger partial charge >= 0.3 is 0 Å². The summed E-state index contributed by atoms with van der Waals surface area (Å²) < 4.78 is 45.6. The molecule has 0 aliphatic heterocycles. The van der Waals surface area contributed by atoms with Crippen molar-refractivity contribution in [3.05, 3.63) is 59.9 Å². The zero-order valence-electron chi connectivity index (χ0n) is 13.9. The molecule has 2 rings (SSSR count). The predicted molar refractivity (Wildman–Crippen MR) is 97.9 cm³/mol. The monoisotopic (exact) mass is 388 g/mol. The number of nitrogens with two attached hydrogens (primary N) is 1. The Morgan fingerprint density at radius 2 is 1.84 bits per heavy atom. The van der Waals surface area contributed by atoms with Crippen LogP contribution in [-0.4, -0.2) is 32.9 Å². The summed E-state index contributed by atoms with van der Waals surface area (Å²) >= 11 is 0. The zero-order valence-corrected chi connectivity index (χ0v) is 15.5. The van der Waals surface area contributed by atoms with Crippen molar-refractivity contribution in [3.8, 4) is 5.75 Å². The van der Waals surface area contributed by atoms with Gasteiger partial charge in [0.2, 0.25) is 10.0 Å². The molecule has 0 radical (unpaired) electrons. The highest BCUT2D eigenvalue weighted by molar-refractivity contribution is 7.89. The van der Waals surface area contributed by atoms with E-state index in [9.17, 15) is 12.8 Å². The number of rotatable bonds is 8. The maximum absolute atomic E-state index is 13.6. The number of ether oxygens (including phenoxy) is 1. The van der Waals surface area contributed by atoms with Crippen LogP contribution in [0.15, 0.2) is 53.4 Å². The van der Waals surface area contributed by atoms with Crippen LogP contribution in [0, 0.1) is 5.82 Å². The van der Waals surface area contributed by atoms with Gasteiger partial charge in [0.25, 0.3) is 0 Å². The van der Waals surface area contributed by atoms with E-state index in [1.54, 1.807) is 0 Å². The van der Waals surface area contributed by atoms with Gasteiger partial charge in [0.15, 0.2) is 11.6 Å². The molecule has 0 atom stereocenters. The predicted octanol–water partition coefficient (Wildman–Crippen LogP) is 2.80. The quantitative estimate of drug-likeness (QED) is 0.754. The SMILES string of the molecule is COc1cc(S(=O)(=O)N(CCCN)Cc2ccccc2)ccc1F.Cl. The van der Waals surface area contributed by atoms with Crippen molar-refractivity contribution in [2.45, 2.75) is 17.9 Å². The third-order valence-electron chi connectivity index (χ3n) is 3.57. The zero-order chi connectivity index (χ0) is 17.6. The summed E-state index contributed by atoms with van der Waals surface area (Å²) in [5.74, 6) is -0.706. The molecule has 0 bridgehead atoms. The van der Waals surface area contributed by atoms with Crippen molar-refractivity contribution < 1.29 is 17.5 Å². The number of methoxy groups -OCH3 is 1. The van der Waals surface area contributed by atoms with Gasteiger partial charge in [-0.05, 0) is 30.7 Å². The number of hydrogen-bond donors (Lipinski definition) is 1. The highest BCUT2D eigenvalue weighted by Crippen LogP contribution is 2.25. The minimum absolute atomic E-state index is 0. The van der Waals surface area contributed by atoms with E-state index in [1.165, 1.54) is 23.5 Å². The Kier molecular flexibility index (Phi) is 8.31. The van der Waals surface area contributed by atoms with Gasteiger partial charge in [0, 0.05) is 19.2 Å². The molecular weight excluding hydrogens is 367 g/mol. The first-order chi connectivity index (χ1) is 11.5. The topological polar surface area (TPSA) is 72.6 Å². The van der Waals surface area contributed by atoms with Gasteiger partial charge in [-0.3, -0.25) is 0 Å². The van der Waals surface area contributed by atoms with Crippen LogP contribution in [0.5, 0.6) is 5.75 Å². The van der Waals surface area contributed by atoms with E-state index in [2.05, 4.69) is 0 Å². The minimum atomic E-state index is -3.79. The molecule has 8 heteroatoms. The van der Waals surface area contributed by atoms with E-state index < -0.39 is 15.8 Å². The molecule has 0 saturated carbocycles. The van der Waals surface area contributed by atoms with Crippen LogP contribution in [0.2, 0.25) is 0 Å². The maximum Gasteiger partial charge on any atom is 0.243 e. The van der Waals surface area contributed by atoms with E-state index in [4.69, 9.17) is 10.5 Å². The fourth-order valence-corrected chi connectivity index (χ4v) is 3.77. The molecule has 25 heavy (non-hydrogen) atoms. The Labute approximate surface area is 154 Å². The summed E-state index contributed by atoms with van der Waals surface area (Å²) in [5.41, 5.74) is 6.39. The number of benzene rings is 2. The molecule has 0 aliphatic carbocycles. The van der Waals surface area contributed by atoms with Crippen LogP contribution in [0.4, 0.5) is 4.39 Å². The van der Waals surface area contributed by atoms with E-state index in [0.717, 1.165) is 11.6 Å². The van der Waals surface area contributed by atoms with Gasteiger partial charge < -0.3 is 10.5 Å². The average molecular weight is 389 g/mol. The van der Waals surface area contributed by atoms with E-state index in [0.29, 0.717) is 13.0 Å². The summed E-state index contributed by atoms with van der Waals surface area (Å²) in [6.07, 6.45) is 0.532. The fraction of sp³-hybridized carbons (Fsp3) is 0.294. The first-order valence-electron chi connectivity index (χ1n) is 7.56. The van der Waals surface area contributed by atoms with Gasteiger partial charge in [-0.25, -0.2) is 12.8 Å². The second kappa shape index (κ2) is 9.72. The van der Waals surface area contributed by atoms with Gasteiger partial charge in [-0.15, -0.1) is 12.4 Å². The van der Waals surface area contributed by atoms with E-state index >= 15 is 0 Å². The van der Waals surface area contributed by atoms with Crippen LogP contribution >= 0.6 is 12.4 Å². The van der Waals surface area contributed by atoms with Crippen molar-refractivity contribution in [3.63, 3.8) is 0 Å². The molecule has 0 aliphatic rings. The largest absolute Gasteiger partial charge is 0.494 e. The lowest BCUT2D eigenvalue weighted by molar-refractivity contribution is 0.382. The van der Waals surface area contributed by atoms with Gasteiger partial charge in [-0.1, -0.05) is 30.3 Å². The van der Waals surface area contributed by atoms with E-state index in [1.807, 2.05) is 30.3 Å². The average Bonchev–Trinajstić information content (AvgIpc) is 2.59. The number of halogens is 2. The van der Waals surface area contributed by atoms with Gasteiger partial charge in [0.1, 0.15) is 0 Å². The highest BCUT2D eigenvalue weighted by Gasteiger charge is 2.25. The number of nitrogens with zero attached hydrogens (tertiary/aromatic N) is 1. The summed E-state index contributed by atoms with van der Waals surface area (Å²) in [6, 6.07) is 12.8. The summed E-state index contributed by atoms with van der Waals surface area (Å²) in [7, 11) is -2.49. The first-order valence-corrected chi connectivity index (χ1v) is 9.00. The Morgan fingerprint density at radius 3 is 2.44 bits per heavy atom. The van der Waals surface area contributed by atoms with Crippen LogP contribution in [0.25, 0.3) is 0 Å². The van der Waals surface area contributed by atoms with Gasteiger partial charge in [0.05, 0.1) is 12.0 Å². The fourth-order valence-electron chi connectivity index (χ4n) is 2.29. The molecule has 0 aromatic heterocycles. The van der Waals surface area contributed by atoms with Crippen LogP contribution in [-0.2, 0) is 16.6 Å². The lowest BCUT2D eigenvalue weighted by atomic mass is 10.2. The summed E-state index contributed by atoms with van der Waals surface area (Å²) in [5, 5.41) is 0. The normalized spacial score (nSPS) is 11.2. The molecule has 0 saturated heterocycles. The van der Waals surface area contributed by atoms with Crippen molar-refractivity contribution in [1.29, 1.82) is 0 Å². The standard InChI is InChI=1S/C17H21FN2O3S.ClH/c1-23-17-12-15(8-9-16(17)18)24(21,22)20(11-5-10-19)13-14-6-3-2-4-7-14;/h2-4,6-9,12H,5,10-11,13,19H2,1H3;1H. The first kappa shape index (κ1) is 21.4. The van der Waals surface area contributed by atoms with Crippen molar-refractivity contribution in [2.75, 3.05) is 20.2 Å². The van der Waals surface area contributed by atoms with Crippen LogP contribution in [0.3, 0.4) is 0 Å². The van der Waals surface area contributed by atoms with Crippen LogP contribution < -0.4 is 10.5 Å². The Morgan fingerprint density at radius 1 is 1.16 bits per heavy atom. The molecule has 0 fully saturated rings. The highest BCUT2D eigenvalue weighted by atomic mass is 35.5. The molecule has 138 valence electrons. The minimum Gasteiger partial charge on any atom is -0.494 e.